The van der Waals surface area contributed by atoms with E-state index in [0.29, 0.717) is 0 Å². The zero-order valence-corrected chi connectivity index (χ0v) is 11.2. The van der Waals surface area contributed by atoms with Gasteiger partial charge in [0.05, 0.1) is 11.5 Å². The highest BCUT2D eigenvalue weighted by Gasteiger charge is 2.40. The largest absolute Gasteiger partial charge is 0.455 e. The smallest absolute Gasteiger partial charge is 0.416 e. The molecule has 0 radical (unpaired) electrons. The van der Waals surface area contributed by atoms with Gasteiger partial charge in [-0.05, 0) is 36.6 Å². The van der Waals surface area contributed by atoms with Crippen molar-refractivity contribution in [1.29, 1.82) is 0 Å². The number of anilines is 1. The van der Waals surface area contributed by atoms with Crippen molar-refractivity contribution in [3.63, 3.8) is 0 Å². The van der Waals surface area contributed by atoms with Gasteiger partial charge in [0.15, 0.2) is 6.61 Å². The highest BCUT2D eigenvalue weighted by molar-refractivity contribution is 5.93. The molecule has 0 spiro atoms. The Hall–Kier alpha value is -2.05. The summed E-state index contributed by atoms with van der Waals surface area (Å²) in [4.78, 5) is 22.9. The standard InChI is InChI=1S/C14H14F3NO3/c1-8-6-11(8)13(20)21-7-12(19)18-10-4-2-9(3-5-10)14(15,16)17/h2-5,8,11H,6-7H2,1H3,(H,18,19)/t8-,11+/m0/s1. The van der Waals surface area contributed by atoms with E-state index in [1.54, 1.807) is 0 Å². The molecule has 1 aliphatic carbocycles. The first-order valence-electron chi connectivity index (χ1n) is 6.41. The molecule has 1 aromatic rings. The van der Waals surface area contributed by atoms with Crippen molar-refractivity contribution in [2.45, 2.75) is 19.5 Å². The van der Waals surface area contributed by atoms with Crippen LogP contribution in [0.1, 0.15) is 18.9 Å². The van der Waals surface area contributed by atoms with Crippen LogP contribution in [-0.2, 0) is 20.5 Å². The molecule has 114 valence electrons. The topological polar surface area (TPSA) is 55.4 Å². The second kappa shape index (κ2) is 5.75. The maximum absolute atomic E-state index is 12.4. The molecule has 0 saturated heterocycles. The summed E-state index contributed by atoms with van der Waals surface area (Å²) < 4.78 is 41.9. The van der Waals surface area contributed by atoms with Gasteiger partial charge in [-0.25, -0.2) is 0 Å². The molecule has 0 heterocycles. The molecule has 1 amide bonds. The maximum Gasteiger partial charge on any atom is 0.416 e. The number of hydrogen-bond acceptors (Lipinski definition) is 3. The summed E-state index contributed by atoms with van der Waals surface area (Å²) in [5, 5.41) is 2.36. The van der Waals surface area contributed by atoms with Crippen LogP contribution in [0.5, 0.6) is 0 Å². The van der Waals surface area contributed by atoms with Gasteiger partial charge in [0.25, 0.3) is 5.91 Å². The average molecular weight is 301 g/mol. The van der Waals surface area contributed by atoms with Crippen LogP contribution in [0.25, 0.3) is 0 Å². The average Bonchev–Trinajstić information content (AvgIpc) is 3.13. The van der Waals surface area contributed by atoms with Crippen LogP contribution in [0.2, 0.25) is 0 Å². The van der Waals surface area contributed by atoms with Crippen LogP contribution in [0.3, 0.4) is 0 Å². The minimum atomic E-state index is -4.42. The number of benzene rings is 1. The molecule has 0 aromatic heterocycles. The van der Waals surface area contributed by atoms with Gasteiger partial charge in [-0.2, -0.15) is 13.2 Å². The van der Waals surface area contributed by atoms with E-state index in [1.165, 1.54) is 0 Å². The third-order valence-electron chi connectivity index (χ3n) is 3.25. The molecule has 1 fully saturated rings. The molecule has 0 unspecified atom stereocenters. The zero-order valence-electron chi connectivity index (χ0n) is 11.2. The van der Waals surface area contributed by atoms with Crippen molar-refractivity contribution in [2.75, 3.05) is 11.9 Å². The van der Waals surface area contributed by atoms with Gasteiger partial charge in [0, 0.05) is 5.69 Å². The molecule has 1 aromatic carbocycles. The molecule has 4 nitrogen and oxygen atoms in total. The lowest BCUT2D eigenvalue weighted by atomic mass is 10.2. The van der Waals surface area contributed by atoms with Crippen molar-refractivity contribution in [3.05, 3.63) is 29.8 Å². The van der Waals surface area contributed by atoms with Crippen molar-refractivity contribution in [3.8, 4) is 0 Å². The lowest BCUT2D eigenvalue weighted by Gasteiger charge is -2.09. The van der Waals surface area contributed by atoms with Gasteiger partial charge in [0.1, 0.15) is 0 Å². The Bertz CT molecular complexity index is 539. The summed E-state index contributed by atoms with van der Waals surface area (Å²) in [5.41, 5.74) is -0.585. The van der Waals surface area contributed by atoms with Crippen LogP contribution in [0, 0.1) is 11.8 Å². The Morgan fingerprint density at radius 3 is 2.33 bits per heavy atom. The minimum Gasteiger partial charge on any atom is -0.455 e. The Morgan fingerprint density at radius 2 is 1.86 bits per heavy atom. The number of nitrogens with one attached hydrogen (secondary N) is 1. The lowest BCUT2D eigenvalue weighted by Crippen LogP contribution is -2.21. The summed E-state index contributed by atoms with van der Waals surface area (Å²) in [6, 6.07) is 4.03. The fraction of sp³-hybridized carbons (Fsp3) is 0.429. The summed E-state index contributed by atoms with van der Waals surface area (Å²) in [6.07, 6.45) is -3.65. The third-order valence-corrected chi connectivity index (χ3v) is 3.25. The van der Waals surface area contributed by atoms with Crippen LogP contribution < -0.4 is 5.32 Å². The summed E-state index contributed by atoms with van der Waals surface area (Å²) in [6.45, 7) is 1.47. The fourth-order valence-corrected chi connectivity index (χ4v) is 1.83. The highest BCUT2D eigenvalue weighted by Crippen LogP contribution is 2.38. The molecule has 2 atom stereocenters. The van der Waals surface area contributed by atoms with Crippen LogP contribution in [0.15, 0.2) is 24.3 Å². The Labute approximate surface area is 119 Å². The monoisotopic (exact) mass is 301 g/mol. The number of alkyl halides is 3. The molecule has 0 bridgehead atoms. The second-order valence-corrected chi connectivity index (χ2v) is 5.05. The Morgan fingerprint density at radius 1 is 1.29 bits per heavy atom. The number of ether oxygens (including phenoxy) is 1. The van der Waals surface area contributed by atoms with E-state index in [9.17, 15) is 22.8 Å². The van der Waals surface area contributed by atoms with Gasteiger partial charge in [-0.15, -0.1) is 0 Å². The van der Waals surface area contributed by atoms with Gasteiger partial charge in [0.2, 0.25) is 0 Å². The maximum atomic E-state index is 12.4. The number of esters is 1. The molecule has 2 rings (SSSR count). The Kier molecular flexibility index (Phi) is 4.20. The fourth-order valence-electron chi connectivity index (χ4n) is 1.83. The molecular formula is C14H14F3NO3. The van der Waals surface area contributed by atoms with Crippen LogP contribution in [-0.4, -0.2) is 18.5 Å². The molecule has 7 heteroatoms. The third kappa shape index (κ3) is 4.21. The first-order valence-corrected chi connectivity index (χ1v) is 6.41. The zero-order chi connectivity index (χ0) is 15.6. The molecule has 1 saturated carbocycles. The molecular weight excluding hydrogens is 287 g/mol. The second-order valence-electron chi connectivity index (χ2n) is 5.05. The first kappa shape index (κ1) is 15.3. The number of amides is 1. The van der Waals surface area contributed by atoms with Crippen molar-refractivity contribution >= 4 is 17.6 Å². The van der Waals surface area contributed by atoms with Gasteiger partial charge in [-0.3, -0.25) is 9.59 Å². The van der Waals surface area contributed by atoms with Gasteiger partial charge < -0.3 is 10.1 Å². The van der Waals surface area contributed by atoms with E-state index in [2.05, 4.69) is 5.32 Å². The lowest BCUT2D eigenvalue weighted by molar-refractivity contribution is -0.148. The Balaban J connectivity index is 1.81. The summed E-state index contributed by atoms with van der Waals surface area (Å²) in [5.74, 6) is -0.846. The van der Waals surface area contributed by atoms with Gasteiger partial charge >= 0.3 is 12.1 Å². The van der Waals surface area contributed by atoms with Crippen molar-refractivity contribution in [2.24, 2.45) is 11.8 Å². The van der Waals surface area contributed by atoms with E-state index in [0.717, 1.165) is 30.7 Å². The van der Waals surface area contributed by atoms with E-state index >= 15 is 0 Å². The molecule has 1 aliphatic rings. The molecule has 0 aliphatic heterocycles. The predicted octanol–water partition coefficient (Wildman–Crippen LogP) is 2.84. The quantitative estimate of drug-likeness (QED) is 0.870. The SMILES string of the molecule is C[C@H]1C[C@H]1C(=O)OCC(=O)Nc1ccc(C(F)(F)F)cc1. The number of halogens is 3. The first-order chi connectivity index (χ1) is 9.77. The van der Waals surface area contributed by atoms with Crippen LogP contribution in [0.4, 0.5) is 18.9 Å². The van der Waals surface area contributed by atoms with E-state index in [1.807, 2.05) is 6.92 Å². The summed E-state index contributed by atoms with van der Waals surface area (Å²) in [7, 11) is 0. The van der Waals surface area contributed by atoms with Crippen molar-refractivity contribution in [1.82, 2.24) is 0 Å². The molecule has 1 N–H and O–H groups in total. The number of carbonyl (C=O) groups excluding carboxylic acids is 2. The molecule has 21 heavy (non-hydrogen) atoms. The minimum absolute atomic E-state index is 0.135. The number of hydrogen-bond donors (Lipinski definition) is 1. The number of carbonyl (C=O) groups is 2. The van der Waals surface area contributed by atoms with E-state index < -0.39 is 30.2 Å². The van der Waals surface area contributed by atoms with Crippen LogP contribution >= 0.6 is 0 Å². The van der Waals surface area contributed by atoms with E-state index in [-0.39, 0.29) is 17.5 Å². The van der Waals surface area contributed by atoms with Gasteiger partial charge in [-0.1, -0.05) is 6.92 Å². The van der Waals surface area contributed by atoms with Crippen molar-refractivity contribution < 1.29 is 27.5 Å². The highest BCUT2D eigenvalue weighted by atomic mass is 19.4. The predicted molar refractivity (Wildman–Crippen MR) is 68.3 cm³/mol. The van der Waals surface area contributed by atoms with E-state index in [4.69, 9.17) is 4.74 Å². The number of rotatable bonds is 4. The normalized spacial score (nSPS) is 20.8. The summed E-state index contributed by atoms with van der Waals surface area (Å²) >= 11 is 0.